The molecule has 0 fully saturated rings. The van der Waals surface area contributed by atoms with E-state index in [1.807, 2.05) is 0 Å². The number of nitrogen functional groups attached to an aromatic ring is 1. The molecule has 0 aliphatic rings. The first-order valence-electron chi connectivity index (χ1n) is 6.26. The molecule has 1 atom stereocenters. The Morgan fingerprint density at radius 3 is 2.73 bits per heavy atom. The second kappa shape index (κ2) is 7.74. The van der Waals surface area contributed by atoms with Gasteiger partial charge in [0.2, 0.25) is 5.91 Å². The molecule has 118 valence electrons. The number of nitrogens with zero attached hydrogens (tertiary/aromatic N) is 1. The van der Waals surface area contributed by atoms with Crippen molar-refractivity contribution in [3.05, 3.63) is 41.0 Å². The Bertz CT molecular complexity index is 602. The highest BCUT2D eigenvalue weighted by Crippen LogP contribution is 2.24. The number of aliphatic carboxylic acids is 1. The molecule has 1 amide bonds. The van der Waals surface area contributed by atoms with Crippen molar-refractivity contribution in [3.8, 4) is 0 Å². The normalized spacial score (nSPS) is 11.5. The summed E-state index contributed by atoms with van der Waals surface area (Å²) in [5.74, 6) is -1.82. The molecular weight excluding hydrogens is 292 g/mol. The third-order valence-electron chi connectivity index (χ3n) is 2.72. The topological polar surface area (TPSA) is 148 Å². The van der Waals surface area contributed by atoms with Gasteiger partial charge in [-0.25, -0.2) is 0 Å². The molecule has 0 bridgehead atoms. The van der Waals surface area contributed by atoms with Gasteiger partial charge < -0.3 is 21.5 Å². The summed E-state index contributed by atoms with van der Waals surface area (Å²) in [7, 11) is 0. The molecule has 0 saturated carbocycles. The molecular formula is C13H16N4O5. The van der Waals surface area contributed by atoms with Crippen molar-refractivity contribution in [1.82, 2.24) is 5.32 Å². The fourth-order valence-corrected chi connectivity index (χ4v) is 1.63. The van der Waals surface area contributed by atoms with Crippen LogP contribution in [0.2, 0.25) is 0 Å². The molecule has 1 rings (SSSR count). The number of nitrogens with one attached hydrogen (secondary N) is 2. The van der Waals surface area contributed by atoms with Gasteiger partial charge in [-0.1, -0.05) is 6.08 Å². The summed E-state index contributed by atoms with van der Waals surface area (Å²) in [6.07, 6.45) is 1.11. The quantitative estimate of drug-likeness (QED) is 0.239. The van der Waals surface area contributed by atoms with Gasteiger partial charge in [-0.3, -0.25) is 19.7 Å². The third-order valence-corrected chi connectivity index (χ3v) is 2.72. The molecule has 0 spiro atoms. The highest BCUT2D eigenvalue weighted by Gasteiger charge is 2.21. The lowest BCUT2D eigenvalue weighted by Gasteiger charge is -2.13. The molecule has 1 aromatic carbocycles. The molecule has 9 nitrogen and oxygen atoms in total. The van der Waals surface area contributed by atoms with Gasteiger partial charge in [0.1, 0.15) is 6.04 Å². The molecule has 22 heavy (non-hydrogen) atoms. The minimum Gasteiger partial charge on any atom is -0.480 e. The average molecular weight is 308 g/mol. The number of nitro groups is 1. The second-order valence-corrected chi connectivity index (χ2v) is 4.37. The molecule has 0 saturated heterocycles. The van der Waals surface area contributed by atoms with Gasteiger partial charge in [-0.15, -0.1) is 6.58 Å². The highest BCUT2D eigenvalue weighted by molar-refractivity contribution is 5.96. The van der Waals surface area contributed by atoms with Crippen LogP contribution in [0.3, 0.4) is 0 Å². The van der Waals surface area contributed by atoms with Crippen molar-refractivity contribution in [2.75, 3.05) is 17.6 Å². The van der Waals surface area contributed by atoms with Crippen LogP contribution in [0, 0.1) is 10.1 Å². The Labute approximate surface area is 126 Å². The van der Waals surface area contributed by atoms with E-state index in [4.69, 9.17) is 10.8 Å². The van der Waals surface area contributed by atoms with Gasteiger partial charge in [0, 0.05) is 18.7 Å². The summed E-state index contributed by atoms with van der Waals surface area (Å²) in [5.41, 5.74) is 5.60. The van der Waals surface area contributed by atoms with Crippen LogP contribution in [-0.2, 0) is 9.59 Å². The van der Waals surface area contributed by atoms with Crippen LogP contribution in [0.15, 0.2) is 30.9 Å². The second-order valence-electron chi connectivity index (χ2n) is 4.37. The van der Waals surface area contributed by atoms with E-state index < -0.39 is 22.8 Å². The van der Waals surface area contributed by atoms with Crippen LogP contribution >= 0.6 is 0 Å². The van der Waals surface area contributed by atoms with Gasteiger partial charge in [0.05, 0.1) is 22.7 Å². The minimum absolute atomic E-state index is 0.0621. The number of nitrogens with two attached hydrogens (primary N) is 1. The maximum absolute atomic E-state index is 11.9. The van der Waals surface area contributed by atoms with Crippen LogP contribution in [0.25, 0.3) is 0 Å². The predicted octanol–water partition coefficient (Wildman–Crippen LogP) is 0.734. The van der Waals surface area contributed by atoms with E-state index in [0.29, 0.717) is 0 Å². The molecule has 5 N–H and O–H groups in total. The number of carbonyl (C=O) groups excluding carboxylic acids is 1. The van der Waals surface area contributed by atoms with E-state index >= 15 is 0 Å². The zero-order valence-corrected chi connectivity index (χ0v) is 11.6. The number of nitro benzene ring substituents is 1. The summed E-state index contributed by atoms with van der Waals surface area (Å²) < 4.78 is 0. The summed E-state index contributed by atoms with van der Waals surface area (Å²) >= 11 is 0. The molecule has 0 aliphatic heterocycles. The van der Waals surface area contributed by atoms with Crippen LogP contribution < -0.4 is 16.4 Å². The monoisotopic (exact) mass is 308 g/mol. The van der Waals surface area contributed by atoms with Crippen molar-refractivity contribution in [1.29, 1.82) is 0 Å². The number of carboxylic acids is 1. The summed E-state index contributed by atoms with van der Waals surface area (Å²) in [6, 6.07) is 2.51. The number of amides is 1. The fourth-order valence-electron chi connectivity index (χ4n) is 1.63. The van der Waals surface area contributed by atoms with Gasteiger partial charge in [0.15, 0.2) is 0 Å². The van der Waals surface area contributed by atoms with E-state index in [1.54, 1.807) is 0 Å². The zero-order valence-electron chi connectivity index (χ0n) is 11.6. The van der Waals surface area contributed by atoms with E-state index in [9.17, 15) is 19.7 Å². The molecule has 1 unspecified atom stereocenters. The van der Waals surface area contributed by atoms with Crippen molar-refractivity contribution < 1.29 is 19.6 Å². The lowest BCUT2D eigenvalue weighted by Crippen LogP contribution is -2.39. The Morgan fingerprint density at radius 1 is 1.50 bits per heavy atom. The molecule has 0 heterocycles. The number of non-ortho nitro benzene ring substituents is 1. The number of benzene rings is 1. The van der Waals surface area contributed by atoms with Gasteiger partial charge in [0.25, 0.3) is 5.69 Å². The summed E-state index contributed by atoms with van der Waals surface area (Å²) in [6.45, 7) is 3.67. The highest BCUT2D eigenvalue weighted by atomic mass is 16.6. The third kappa shape index (κ3) is 4.87. The van der Waals surface area contributed by atoms with Crippen LogP contribution in [0.5, 0.6) is 0 Å². The van der Waals surface area contributed by atoms with Crippen molar-refractivity contribution in [2.24, 2.45) is 0 Å². The number of hydrogen-bond acceptors (Lipinski definition) is 6. The largest absolute Gasteiger partial charge is 0.480 e. The average Bonchev–Trinajstić information content (AvgIpc) is 2.45. The maximum atomic E-state index is 11.9. The first kappa shape index (κ1) is 17.1. The Hall–Kier alpha value is -2.94. The van der Waals surface area contributed by atoms with Gasteiger partial charge >= 0.3 is 5.97 Å². The van der Waals surface area contributed by atoms with E-state index in [2.05, 4.69) is 17.2 Å². The first-order valence-corrected chi connectivity index (χ1v) is 6.26. The standard InChI is InChI=1S/C13H16N4O5/c1-2-5-15-11(13(19)20)7-12(18)16-10-6-8(17(21)22)3-4-9(10)14/h2-4,6,11,15H,1,5,7,14H2,(H,16,18)(H,19,20). The predicted molar refractivity (Wildman–Crippen MR) is 80.4 cm³/mol. The van der Waals surface area contributed by atoms with Crippen molar-refractivity contribution >= 4 is 28.9 Å². The number of carbonyl (C=O) groups is 2. The van der Waals surface area contributed by atoms with Crippen molar-refractivity contribution in [2.45, 2.75) is 12.5 Å². The van der Waals surface area contributed by atoms with Gasteiger partial charge in [-0.05, 0) is 6.07 Å². The molecule has 1 aromatic rings. The van der Waals surface area contributed by atoms with Gasteiger partial charge in [-0.2, -0.15) is 0 Å². The first-order chi connectivity index (χ1) is 10.3. The summed E-state index contributed by atoms with van der Waals surface area (Å²) in [5, 5.41) is 24.7. The lowest BCUT2D eigenvalue weighted by atomic mass is 10.2. The number of hydrogen-bond donors (Lipinski definition) is 4. The Morgan fingerprint density at radius 2 is 2.18 bits per heavy atom. The Balaban J connectivity index is 2.79. The Kier molecular flexibility index (Phi) is 6.02. The number of rotatable bonds is 8. The molecule has 0 aromatic heterocycles. The van der Waals surface area contributed by atoms with Crippen LogP contribution in [0.4, 0.5) is 17.1 Å². The van der Waals surface area contributed by atoms with Crippen LogP contribution in [-0.4, -0.2) is 34.5 Å². The van der Waals surface area contributed by atoms with Crippen molar-refractivity contribution in [3.63, 3.8) is 0 Å². The fraction of sp³-hybridized carbons (Fsp3) is 0.231. The van der Waals surface area contributed by atoms with Crippen LogP contribution in [0.1, 0.15) is 6.42 Å². The maximum Gasteiger partial charge on any atom is 0.321 e. The number of anilines is 2. The summed E-state index contributed by atoms with van der Waals surface area (Å²) in [4.78, 5) is 32.9. The lowest BCUT2D eigenvalue weighted by molar-refractivity contribution is -0.384. The molecule has 0 radical (unpaired) electrons. The SMILES string of the molecule is C=CCNC(CC(=O)Nc1cc([N+](=O)[O-])ccc1N)C(=O)O. The van der Waals surface area contributed by atoms with E-state index in [-0.39, 0.29) is 30.0 Å². The molecule has 0 aliphatic carbocycles. The zero-order chi connectivity index (χ0) is 16.7. The van der Waals surface area contributed by atoms with E-state index in [1.165, 1.54) is 18.2 Å². The molecule has 9 heteroatoms. The number of carboxylic acid groups (broad SMARTS) is 1. The van der Waals surface area contributed by atoms with E-state index in [0.717, 1.165) is 6.07 Å². The smallest absolute Gasteiger partial charge is 0.321 e. The minimum atomic E-state index is -1.19.